The van der Waals surface area contributed by atoms with Crippen LogP contribution in [0.1, 0.15) is 36.9 Å². The van der Waals surface area contributed by atoms with Crippen molar-refractivity contribution < 1.29 is 4.39 Å². The van der Waals surface area contributed by atoms with Gasteiger partial charge >= 0.3 is 0 Å². The molecular weight excluding hydrogens is 179 g/mol. The quantitative estimate of drug-likeness (QED) is 0.774. The minimum Gasteiger partial charge on any atom is -0.326 e. The monoisotopic (exact) mass is 196 g/mol. The standard InChI is InChI=1S/C11H17FN2/c1-2-3-11(14)8-4-5-9(7-13)10(12)6-8/h4-6,11H,2-3,7,13-14H2,1H3. The topological polar surface area (TPSA) is 52.0 Å². The predicted molar refractivity (Wildman–Crippen MR) is 56.1 cm³/mol. The molecule has 0 aromatic heterocycles. The van der Waals surface area contributed by atoms with E-state index in [0.717, 1.165) is 18.4 Å². The van der Waals surface area contributed by atoms with Crippen LogP contribution in [0.15, 0.2) is 18.2 Å². The molecule has 1 aromatic rings. The molecule has 0 amide bonds. The molecule has 0 fully saturated rings. The molecule has 0 saturated heterocycles. The maximum atomic E-state index is 13.3. The minimum absolute atomic E-state index is 0.0682. The fourth-order valence-corrected chi connectivity index (χ4v) is 1.44. The summed E-state index contributed by atoms with van der Waals surface area (Å²) in [6.07, 6.45) is 1.88. The van der Waals surface area contributed by atoms with E-state index in [1.54, 1.807) is 6.07 Å². The predicted octanol–water partition coefficient (Wildman–Crippen LogP) is 2.08. The highest BCUT2D eigenvalue weighted by atomic mass is 19.1. The number of benzene rings is 1. The van der Waals surface area contributed by atoms with Crippen LogP contribution in [0.2, 0.25) is 0 Å². The summed E-state index contributed by atoms with van der Waals surface area (Å²) in [5.74, 6) is -0.253. The Balaban J connectivity index is 2.85. The van der Waals surface area contributed by atoms with Crippen LogP contribution in [-0.2, 0) is 6.54 Å². The molecule has 3 heteroatoms. The van der Waals surface area contributed by atoms with Crippen molar-refractivity contribution in [3.05, 3.63) is 35.1 Å². The number of rotatable bonds is 4. The molecule has 14 heavy (non-hydrogen) atoms. The van der Waals surface area contributed by atoms with E-state index < -0.39 is 0 Å². The van der Waals surface area contributed by atoms with Gasteiger partial charge in [-0.05, 0) is 18.1 Å². The molecule has 4 N–H and O–H groups in total. The van der Waals surface area contributed by atoms with E-state index in [-0.39, 0.29) is 18.4 Å². The van der Waals surface area contributed by atoms with Gasteiger partial charge in [0.25, 0.3) is 0 Å². The lowest BCUT2D eigenvalue weighted by Gasteiger charge is -2.11. The van der Waals surface area contributed by atoms with Gasteiger partial charge in [0.05, 0.1) is 0 Å². The molecule has 1 unspecified atom stereocenters. The molecule has 1 atom stereocenters. The molecule has 0 saturated carbocycles. The summed E-state index contributed by atoms with van der Waals surface area (Å²) in [4.78, 5) is 0. The van der Waals surface area contributed by atoms with Crippen LogP contribution >= 0.6 is 0 Å². The maximum Gasteiger partial charge on any atom is 0.128 e. The third-order valence-electron chi connectivity index (χ3n) is 2.32. The van der Waals surface area contributed by atoms with Crippen LogP contribution in [0.5, 0.6) is 0 Å². The second-order valence-electron chi connectivity index (χ2n) is 3.45. The van der Waals surface area contributed by atoms with E-state index in [1.165, 1.54) is 6.07 Å². The number of halogens is 1. The van der Waals surface area contributed by atoms with Crippen LogP contribution in [0.4, 0.5) is 4.39 Å². The first-order valence-electron chi connectivity index (χ1n) is 4.93. The average Bonchev–Trinajstić information content (AvgIpc) is 2.18. The SMILES string of the molecule is CCCC(N)c1ccc(CN)c(F)c1. The molecule has 0 aliphatic rings. The summed E-state index contributed by atoms with van der Waals surface area (Å²) in [6, 6.07) is 4.98. The summed E-state index contributed by atoms with van der Waals surface area (Å²) in [5, 5.41) is 0. The van der Waals surface area contributed by atoms with E-state index in [9.17, 15) is 4.39 Å². The second kappa shape index (κ2) is 5.08. The zero-order valence-corrected chi connectivity index (χ0v) is 8.46. The largest absolute Gasteiger partial charge is 0.326 e. The zero-order chi connectivity index (χ0) is 10.6. The summed E-state index contributed by atoms with van der Waals surface area (Å²) in [5.41, 5.74) is 12.6. The fourth-order valence-electron chi connectivity index (χ4n) is 1.44. The van der Waals surface area contributed by atoms with E-state index in [0.29, 0.717) is 5.56 Å². The van der Waals surface area contributed by atoms with Crippen molar-refractivity contribution in [2.24, 2.45) is 11.5 Å². The zero-order valence-electron chi connectivity index (χ0n) is 8.46. The second-order valence-corrected chi connectivity index (χ2v) is 3.45. The number of nitrogens with two attached hydrogens (primary N) is 2. The molecule has 2 nitrogen and oxygen atoms in total. The Hall–Kier alpha value is -0.930. The lowest BCUT2D eigenvalue weighted by Crippen LogP contribution is -2.11. The Morgan fingerprint density at radius 1 is 1.43 bits per heavy atom. The summed E-state index contributed by atoms with van der Waals surface area (Å²) in [7, 11) is 0. The third-order valence-corrected chi connectivity index (χ3v) is 2.32. The lowest BCUT2D eigenvalue weighted by molar-refractivity contribution is 0.593. The van der Waals surface area contributed by atoms with Crippen molar-refractivity contribution in [2.75, 3.05) is 0 Å². The molecule has 0 aliphatic heterocycles. The highest BCUT2D eigenvalue weighted by Crippen LogP contribution is 2.18. The van der Waals surface area contributed by atoms with Crippen molar-refractivity contribution in [1.29, 1.82) is 0 Å². The van der Waals surface area contributed by atoms with Gasteiger partial charge in [0.1, 0.15) is 5.82 Å². The fraction of sp³-hybridized carbons (Fsp3) is 0.455. The van der Waals surface area contributed by atoms with Crippen molar-refractivity contribution >= 4 is 0 Å². The van der Waals surface area contributed by atoms with Crippen molar-refractivity contribution in [3.63, 3.8) is 0 Å². The Kier molecular flexibility index (Phi) is 4.04. The third kappa shape index (κ3) is 2.53. The average molecular weight is 196 g/mol. The molecule has 0 aliphatic carbocycles. The van der Waals surface area contributed by atoms with Crippen molar-refractivity contribution in [2.45, 2.75) is 32.4 Å². The van der Waals surface area contributed by atoms with E-state index in [2.05, 4.69) is 6.92 Å². The summed E-state index contributed by atoms with van der Waals surface area (Å²) >= 11 is 0. The van der Waals surface area contributed by atoms with Crippen LogP contribution < -0.4 is 11.5 Å². The summed E-state index contributed by atoms with van der Waals surface area (Å²) < 4.78 is 13.3. The van der Waals surface area contributed by atoms with Crippen molar-refractivity contribution in [3.8, 4) is 0 Å². The molecule has 0 heterocycles. The minimum atomic E-state index is -0.253. The van der Waals surface area contributed by atoms with Gasteiger partial charge in [-0.3, -0.25) is 0 Å². The smallest absolute Gasteiger partial charge is 0.128 e. The first-order valence-corrected chi connectivity index (χ1v) is 4.93. The van der Waals surface area contributed by atoms with Gasteiger partial charge in [0.15, 0.2) is 0 Å². The van der Waals surface area contributed by atoms with Gasteiger partial charge in [-0.15, -0.1) is 0 Å². The molecule has 0 radical (unpaired) electrons. The van der Waals surface area contributed by atoms with Gasteiger partial charge in [0.2, 0.25) is 0 Å². The Morgan fingerprint density at radius 3 is 2.64 bits per heavy atom. The van der Waals surface area contributed by atoms with Gasteiger partial charge in [-0.1, -0.05) is 25.5 Å². The summed E-state index contributed by atoms with van der Waals surface area (Å²) in [6.45, 7) is 2.29. The molecule has 78 valence electrons. The van der Waals surface area contributed by atoms with Crippen LogP contribution in [0.3, 0.4) is 0 Å². The van der Waals surface area contributed by atoms with Gasteiger partial charge in [0, 0.05) is 18.2 Å². The Morgan fingerprint density at radius 2 is 2.14 bits per heavy atom. The Bertz CT molecular complexity index is 299. The highest BCUT2D eigenvalue weighted by molar-refractivity contribution is 5.26. The van der Waals surface area contributed by atoms with E-state index in [4.69, 9.17) is 11.5 Å². The van der Waals surface area contributed by atoms with Gasteiger partial charge in [-0.25, -0.2) is 4.39 Å². The number of hydrogen-bond acceptors (Lipinski definition) is 2. The maximum absolute atomic E-state index is 13.3. The molecule has 0 spiro atoms. The first-order chi connectivity index (χ1) is 6.69. The van der Waals surface area contributed by atoms with Crippen molar-refractivity contribution in [1.82, 2.24) is 0 Å². The number of hydrogen-bond donors (Lipinski definition) is 2. The molecular formula is C11H17FN2. The Labute approximate surface area is 84.1 Å². The van der Waals surface area contributed by atoms with E-state index in [1.807, 2.05) is 6.07 Å². The normalized spacial score (nSPS) is 12.9. The highest BCUT2D eigenvalue weighted by Gasteiger charge is 2.07. The molecule has 0 bridgehead atoms. The van der Waals surface area contributed by atoms with Gasteiger partial charge in [-0.2, -0.15) is 0 Å². The van der Waals surface area contributed by atoms with Crippen LogP contribution in [-0.4, -0.2) is 0 Å². The van der Waals surface area contributed by atoms with Crippen LogP contribution in [0.25, 0.3) is 0 Å². The lowest BCUT2D eigenvalue weighted by atomic mass is 10.0. The van der Waals surface area contributed by atoms with Crippen LogP contribution in [0, 0.1) is 5.82 Å². The molecule has 1 rings (SSSR count). The first kappa shape index (κ1) is 11.1. The molecule has 1 aromatic carbocycles. The van der Waals surface area contributed by atoms with E-state index >= 15 is 0 Å². The van der Waals surface area contributed by atoms with Gasteiger partial charge < -0.3 is 11.5 Å².